The van der Waals surface area contributed by atoms with Gasteiger partial charge in [0, 0.05) is 30.5 Å². The van der Waals surface area contributed by atoms with E-state index < -0.39 is 10.0 Å². The zero-order valence-electron chi connectivity index (χ0n) is 10.3. The Bertz CT molecular complexity index is 624. The first kappa shape index (κ1) is 14.1. The van der Waals surface area contributed by atoms with Crippen LogP contribution in [0.2, 0.25) is 5.02 Å². The number of benzene rings is 1. The van der Waals surface area contributed by atoms with Gasteiger partial charge in [-0.15, -0.1) is 0 Å². The van der Waals surface area contributed by atoms with Crippen molar-refractivity contribution in [2.75, 3.05) is 6.54 Å². The molecule has 0 atom stereocenters. The number of sulfonamides is 1. The number of halogens is 1. The molecule has 1 heterocycles. The molecular formula is C13H15ClN2O2S. The molecule has 0 aliphatic rings. The van der Waals surface area contributed by atoms with E-state index in [1.54, 1.807) is 24.3 Å². The predicted molar refractivity (Wildman–Crippen MR) is 76.5 cm³/mol. The first-order chi connectivity index (χ1) is 9.07. The molecule has 1 N–H and O–H groups in total. The maximum absolute atomic E-state index is 11.9. The highest BCUT2D eigenvalue weighted by Crippen LogP contribution is 2.17. The molecule has 19 heavy (non-hydrogen) atoms. The van der Waals surface area contributed by atoms with Crippen LogP contribution in [-0.2, 0) is 22.3 Å². The molecule has 6 heteroatoms. The van der Waals surface area contributed by atoms with E-state index >= 15 is 0 Å². The number of hydrogen-bond acceptors (Lipinski definition) is 2. The highest BCUT2D eigenvalue weighted by Gasteiger charge is 2.12. The summed E-state index contributed by atoms with van der Waals surface area (Å²) >= 11 is 5.95. The monoisotopic (exact) mass is 298 g/mol. The lowest BCUT2D eigenvalue weighted by atomic mass is 10.2. The molecule has 0 bridgehead atoms. The quantitative estimate of drug-likeness (QED) is 0.889. The third-order valence-corrected chi connectivity index (χ3v) is 4.37. The summed E-state index contributed by atoms with van der Waals surface area (Å²) in [6.45, 7) is 0.968. The van der Waals surface area contributed by atoms with E-state index in [-0.39, 0.29) is 5.75 Å². The largest absolute Gasteiger partial charge is 0.353 e. The normalized spacial score (nSPS) is 11.6. The van der Waals surface area contributed by atoms with Crippen molar-refractivity contribution < 1.29 is 8.42 Å². The smallest absolute Gasteiger partial charge is 0.215 e. The summed E-state index contributed by atoms with van der Waals surface area (Å²) in [5.41, 5.74) is 0.609. The van der Waals surface area contributed by atoms with Crippen molar-refractivity contribution in [3.05, 3.63) is 59.4 Å². The fraction of sp³-hybridized carbons (Fsp3) is 0.231. The fourth-order valence-electron chi connectivity index (χ4n) is 1.72. The summed E-state index contributed by atoms with van der Waals surface area (Å²) < 4.78 is 28.3. The maximum atomic E-state index is 11.9. The van der Waals surface area contributed by atoms with E-state index in [9.17, 15) is 8.42 Å². The van der Waals surface area contributed by atoms with Crippen molar-refractivity contribution >= 4 is 21.6 Å². The highest BCUT2D eigenvalue weighted by atomic mass is 35.5. The van der Waals surface area contributed by atoms with Crippen molar-refractivity contribution in [1.82, 2.24) is 9.29 Å². The second kappa shape index (κ2) is 6.23. The lowest BCUT2D eigenvalue weighted by molar-refractivity contribution is 0.572. The van der Waals surface area contributed by atoms with E-state index in [0.29, 0.717) is 23.7 Å². The van der Waals surface area contributed by atoms with E-state index in [4.69, 9.17) is 11.6 Å². The Balaban J connectivity index is 1.90. The number of hydrogen-bond donors (Lipinski definition) is 1. The van der Waals surface area contributed by atoms with E-state index in [0.717, 1.165) is 0 Å². The second-order valence-corrected chi connectivity index (χ2v) is 6.38. The zero-order valence-corrected chi connectivity index (χ0v) is 11.9. The van der Waals surface area contributed by atoms with Gasteiger partial charge in [-0.2, -0.15) is 0 Å². The molecule has 1 aromatic heterocycles. The molecule has 4 nitrogen and oxygen atoms in total. The average molecular weight is 299 g/mol. The zero-order chi connectivity index (χ0) is 13.7. The third kappa shape index (κ3) is 4.38. The summed E-state index contributed by atoms with van der Waals surface area (Å²) in [6, 6.07) is 10.8. The van der Waals surface area contributed by atoms with E-state index in [1.807, 2.05) is 29.1 Å². The predicted octanol–water partition coefficient (Wildman–Crippen LogP) is 2.26. The summed E-state index contributed by atoms with van der Waals surface area (Å²) in [5, 5.41) is 0.471. The Morgan fingerprint density at radius 2 is 1.79 bits per heavy atom. The Morgan fingerprint density at radius 1 is 1.11 bits per heavy atom. The summed E-state index contributed by atoms with van der Waals surface area (Å²) in [7, 11) is -3.36. The summed E-state index contributed by atoms with van der Waals surface area (Å²) in [4.78, 5) is 0. The Labute approximate surface area is 118 Å². The number of rotatable bonds is 6. The van der Waals surface area contributed by atoms with Gasteiger partial charge >= 0.3 is 0 Å². The fourth-order valence-corrected chi connectivity index (χ4v) is 3.17. The van der Waals surface area contributed by atoms with Gasteiger partial charge in [0.25, 0.3) is 0 Å². The van der Waals surface area contributed by atoms with Gasteiger partial charge in [-0.1, -0.05) is 29.8 Å². The molecule has 2 rings (SSSR count). The lowest BCUT2D eigenvalue weighted by Gasteiger charge is -2.08. The van der Waals surface area contributed by atoms with Crippen LogP contribution < -0.4 is 4.72 Å². The van der Waals surface area contributed by atoms with Crippen molar-refractivity contribution in [3.63, 3.8) is 0 Å². The van der Waals surface area contributed by atoms with Gasteiger partial charge in [-0.25, -0.2) is 13.1 Å². The summed E-state index contributed by atoms with van der Waals surface area (Å²) in [5.74, 6) is -0.0989. The maximum Gasteiger partial charge on any atom is 0.215 e. The lowest BCUT2D eigenvalue weighted by Crippen LogP contribution is -2.28. The third-order valence-electron chi connectivity index (χ3n) is 2.66. The van der Waals surface area contributed by atoms with Crippen molar-refractivity contribution in [3.8, 4) is 0 Å². The van der Waals surface area contributed by atoms with Crippen molar-refractivity contribution in [1.29, 1.82) is 0 Å². The Hall–Kier alpha value is -1.30. The summed E-state index contributed by atoms with van der Waals surface area (Å²) in [6.07, 6.45) is 3.78. The molecule has 2 aromatic rings. The van der Waals surface area contributed by atoms with Crippen LogP contribution in [0.3, 0.4) is 0 Å². The molecule has 0 spiro atoms. The van der Waals surface area contributed by atoms with Gasteiger partial charge in [0.05, 0.1) is 5.75 Å². The molecule has 0 saturated heterocycles. The molecular weight excluding hydrogens is 284 g/mol. The Kier molecular flexibility index (Phi) is 4.63. The van der Waals surface area contributed by atoms with Gasteiger partial charge in [-0.3, -0.25) is 0 Å². The van der Waals surface area contributed by atoms with Crippen LogP contribution in [0.15, 0.2) is 48.8 Å². The molecule has 0 radical (unpaired) electrons. The van der Waals surface area contributed by atoms with Gasteiger partial charge in [0.2, 0.25) is 10.0 Å². The van der Waals surface area contributed by atoms with Crippen LogP contribution in [0.4, 0.5) is 0 Å². The first-order valence-electron chi connectivity index (χ1n) is 5.88. The molecule has 0 aliphatic heterocycles. The standard InChI is InChI=1S/C13H15ClN2O2S/c14-13-6-2-1-5-12(13)11-19(17,18)15-7-10-16-8-3-4-9-16/h1-6,8-9,15H,7,10-11H2. The number of aromatic nitrogens is 1. The minimum absolute atomic E-state index is 0.0989. The molecule has 0 aliphatic carbocycles. The van der Waals surface area contributed by atoms with Crippen molar-refractivity contribution in [2.45, 2.75) is 12.3 Å². The van der Waals surface area contributed by atoms with Crippen LogP contribution in [0.1, 0.15) is 5.56 Å². The molecule has 0 saturated carbocycles. The number of nitrogens with one attached hydrogen (secondary N) is 1. The second-order valence-electron chi connectivity index (χ2n) is 4.17. The highest BCUT2D eigenvalue weighted by molar-refractivity contribution is 7.88. The molecule has 0 amide bonds. The minimum Gasteiger partial charge on any atom is -0.353 e. The van der Waals surface area contributed by atoms with Crippen LogP contribution in [0.25, 0.3) is 0 Å². The molecule has 0 fully saturated rings. The molecule has 0 unspecified atom stereocenters. The SMILES string of the molecule is O=S(=O)(Cc1ccccc1Cl)NCCn1cccc1. The first-order valence-corrected chi connectivity index (χ1v) is 7.91. The molecule has 102 valence electrons. The van der Waals surface area contributed by atoms with E-state index in [2.05, 4.69) is 4.72 Å². The van der Waals surface area contributed by atoms with Gasteiger partial charge in [0.1, 0.15) is 0 Å². The van der Waals surface area contributed by atoms with Crippen LogP contribution in [0.5, 0.6) is 0 Å². The average Bonchev–Trinajstić information content (AvgIpc) is 2.85. The van der Waals surface area contributed by atoms with Crippen molar-refractivity contribution in [2.24, 2.45) is 0 Å². The topological polar surface area (TPSA) is 51.1 Å². The van der Waals surface area contributed by atoms with Crippen LogP contribution in [0, 0.1) is 0 Å². The Morgan fingerprint density at radius 3 is 2.47 bits per heavy atom. The van der Waals surface area contributed by atoms with E-state index in [1.165, 1.54) is 0 Å². The van der Waals surface area contributed by atoms with Gasteiger partial charge < -0.3 is 4.57 Å². The van der Waals surface area contributed by atoms with Crippen LogP contribution in [-0.4, -0.2) is 19.5 Å². The van der Waals surface area contributed by atoms with Gasteiger partial charge in [0.15, 0.2) is 0 Å². The minimum atomic E-state index is -3.36. The number of nitrogens with zero attached hydrogens (tertiary/aromatic N) is 1. The van der Waals surface area contributed by atoms with Crippen LogP contribution >= 0.6 is 11.6 Å². The van der Waals surface area contributed by atoms with Gasteiger partial charge in [-0.05, 0) is 23.8 Å². The molecule has 1 aromatic carbocycles.